The lowest BCUT2D eigenvalue weighted by molar-refractivity contribution is 0.265. The number of aliphatic hydroxyl groups excluding tert-OH is 1. The third-order valence-corrected chi connectivity index (χ3v) is 4.54. The zero-order valence-corrected chi connectivity index (χ0v) is 12.3. The number of benzene rings is 1. The van der Waals surface area contributed by atoms with Gasteiger partial charge >= 0.3 is 7.60 Å². The van der Waals surface area contributed by atoms with Crippen LogP contribution in [0.4, 0.5) is 0 Å². The van der Waals surface area contributed by atoms with Crippen molar-refractivity contribution in [1.82, 2.24) is 0 Å². The van der Waals surface area contributed by atoms with Crippen molar-refractivity contribution in [1.29, 1.82) is 0 Å². The summed E-state index contributed by atoms with van der Waals surface area (Å²) in [6, 6.07) is 5.15. The van der Waals surface area contributed by atoms with Crippen LogP contribution in [0.5, 0.6) is 5.75 Å². The lowest BCUT2D eigenvalue weighted by Crippen LogP contribution is -2.02. The van der Waals surface area contributed by atoms with E-state index in [0.717, 1.165) is 4.47 Å². The molecule has 0 aliphatic rings. The minimum absolute atomic E-state index is 0.176. The van der Waals surface area contributed by atoms with Crippen LogP contribution >= 0.6 is 23.5 Å². The lowest BCUT2D eigenvalue weighted by Gasteiger charge is -2.18. The summed E-state index contributed by atoms with van der Waals surface area (Å²) < 4.78 is 23.6. The molecule has 1 N–H and O–H groups in total. The van der Waals surface area contributed by atoms with Gasteiger partial charge in [0.25, 0.3) is 0 Å². The summed E-state index contributed by atoms with van der Waals surface area (Å²) in [4.78, 5) is 0. The van der Waals surface area contributed by atoms with Crippen LogP contribution in [0, 0.1) is 0 Å². The molecule has 0 bridgehead atoms. The molecule has 0 aromatic heterocycles. The summed E-state index contributed by atoms with van der Waals surface area (Å²) >= 11 is 3.30. The minimum atomic E-state index is -3.10. The predicted octanol–water partition coefficient (Wildman–Crippen LogP) is 3.57. The molecule has 96 valence electrons. The molecule has 0 fully saturated rings. The molecule has 1 atom stereocenters. The molecule has 0 radical (unpaired) electrons. The van der Waals surface area contributed by atoms with Crippen LogP contribution in [0.15, 0.2) is 22.7 Å². The molecule has 6 heteroatoms. The van der Waals surface area contributed by atoms with Crippen LogP contribution in [0.25, 0.3) is 0 Å². The highest BCUT2D eigenvalue weighted by Gasteiger charge is 2.24. The summed E-state index contributed by atoms with van der Waals surface area (Å²) in [5.74, 6) is 0.398. The van der Waals surface area contributed by atoms with Gasteiger partial charge in [-0.1, -0.05) is 22.9 Å². The second kappa shape index (κ2) is 6.55. The van der Waals surface area contributed by atoms with E-state index in [9.17, 15) is 9.67 Å². The maximum atomic E-state index is 12.2. The number of halogens is 1. The Hall–Kier alpha value is -0.350. The molecule has 0 saturated heterocycles. The van der Waals surface area contributed by atoms with E-state index in [0.29, 0.717) is 24.1 Å². The molecule has 17 heavy (non-hydrogen) atoms. The Kier molecular flexibility index (Phi) is 5.67. The molecule has 1 unspecified atom stereocenters. The smallest absolute Gasteiger partial charge is 0.378 e. The van der Waals surface area contributed by atoms with Crippen molar-refractivity contribution in [2.45, 2.75) is 20.5 Å². The van der Waals surface area contributed by atoms with Crippen molar-refractivity contribution in [2.75, 3.05) is 12.8 Å². The average Bonchev–Trinajstić information content (AvgIpc) is 2.32. The summed E-state index contributed by atoms with van der Waals surface area (Å²) in [5, 5.41) is 9.21. The molecular weight excluding hydrogens is 307 g/mol. The molecular formula is C11H16BrO4P. The van der Waals surface area contributed by atoms with Gasteiger partial charge < -0.3 is 14.2 Å². The predicted molar refractivity (Wildman–Crippen MR) is 70.5 cm³/mol. The number of hydrogen-bond donors (Lipinski definition) is 1. The highest BCUT2D eigenvalue weighted by molar-refractivity contribution is 9.10. The first-order chi connectivity index (χ1) is 8.04. The quantitative estimate of drug-likeness (QED) is 0.813. The number of aliphatic hydroxyl groups is 1. The van der Waals surface area contributed by atoms with Gasteiger partial charge in [0, 0.05) is 10.0 Å². The van der Waals surface area contributed by atoms with E-state index in [1.165, 1.54) is 0 Å². The van der Waals surface area contributed by atoms with E-state index >= 15 is 0 Å². The highest BCUT2D eigenvalue weighted by Crippen LogP contribution is 2.48. The fourth-order valence-electron chi connectivity index (χ4n) is 1.29. The van der Waals surface area contributed by atoms with Gasteiger partial charge in [-0.2, -0.15) is 0 Å². The topological polar surface area (TPSA) is 55.8 Å². The minimum Gasteiger partial charge on any atom is -0.424 e. The summed E-state index contributed by atoms with van der Waals surface area (Å²) in [6.45, 7) is 3.66. The van der Waals surface area contributed by atoms with E-state index in [4.69, 9.17) is 9.05 Å². The Morgan fingerprint density at radius 3 is 2.65 bits per heavy atom. The first kappa shape index (κ1) is 14.7. The van der Waals surface area contributed by atoms with Crippen molar-refractivity contribution in [3.8, 4) is 5.75 Å². The fourth-order valence-corrected chi connectivity index (χ4v) is 2.93. The molecule has 0 amide bonds. The van der Waals surface area contributed by atoms with Gasteiger partial charge in [-0.3, -0.25) is 0 Å². The average molecular weight is 323 g/mol. The number of hydrogen-bond acceptors (Lipinski definition) is 4. The Bertz CT molecular complexity index is 422. The normalized spacial score (nSPS) is 14.4. The summed E-state index contributed by atoms with van der Waals surface area (Å²) in [6.07, 6.45) is 0.293. The lowest BCUT2D eigenvalue weighted by atomic mass is 10.2. The molecule has 1 aromatic rings. The Morgan fingerprint density at radius 1 is 1.41 bits per heavy atom. The van der Waals surface area contributed by atoms with Gasteiger partial charge in [0.2, 0.25) is 0 Å². The van der Waals surface area contributed by atoms with Gasteiger partial charge in [0.1, 0.15) is 5.75 Å². The first-order valence-electron chi connectivity index (χ1n) is 5.37. The molecule has 4 nitrogen and oxygen atoms in total. The van der Waals surface area contributed by atoms with Crippen molar-refractivity contribution in [2.24, 2.45) is 0 Å². The second-order valence-corrected chi connectivity index (χ2v) is 6.56. The maximum absolute atomic E-state index is 12.2. The van der Waals surface area contributed by atoms with Crippen LogP contribution in [-0.2, 0) is 15.7 Å². The fraction of sp³-hybridized carbons (Fsp3) is 0.455. The number of rotatable bonds is 6. The van der Waals surface area contributed by atoms with Crippen molar-refractivity contribution >= 4 is 23.5 Å². The van der Waals surface area contributed by atoms with E-state index in [-0.39, 0.29) is 6.61 Å². The third-order valence-electron chi connectivity index (χ3n) is 2.14. The van der Waals surface area contributed by atoms with Gasteiger partial charge in [-0.05, 0) is 25.1 Å². The third kappa shape index (κ3) is 4.11. The zero-order valence-electron chi connectivity index (χ0n) is 9.85. The Morgan fingerprint density at radius 2 is 2.12 bits per heavy atom. The molecule has 1 aromatic carbocycles. The van der Waals surface area contributed by atoms with Crippen molar-refractivity contribution in [3.63, 3.8) is 0 Å². The first-order valence-corrected chi connectivity index (χ1v) is 7.89. The molecule has 0 saturated carbocycles. The molecule has 1 rings (SSSR count). The van der Waals surface area contributed by atoms with Gasteiger partial charge in [0.05, 0.1) is 19.4 Å². The molecule has 0 aliphatic carbocycles. The van der Waals surface area contributed by atoms with Crippen LogP contribution < -0.4 is 4.52 Å². The second-order valence-electron chi connectivity index (χ2n) is 3.35. The SMILES string of the molecule is CCOP(=O)(CC)Oc1ccc(Br)cc1CO. The van der Waals surface area contributed by atoms with E-state index in [1.807, 2.05) is 0 Å². The zero-order chi connectivity index (χ0) is 12.9. The van der Waals surface area contributed by atoms with Crippen molar-refractivity contribution < 1.29 is 18.7 Å². The van der Waals surface area contributed by atoms with Crippen LogP contribution in [0.3, 0.4) is 0 Å². The van der Waals surface area contributed by atoms with E-state index < -0.39 is 7.60 Å². The van der Waals surface area contributed by atoms with Gasteiger partial charge in [-0.15, -0.1) is 0 Å². The van der Waals surface area contributed by atoms with Gasteiger partial charge in [-0.25, -0.2) is 4.57 Å². The standard InChI is InChI=1S/C11H16BrO4P/c1-3-15-17(14,4-2)16-11-6-5-10(12)7-9(11)8-13/h5-7,13H,3-4,8H2,1-2H3. The molecule has 0 heterocycles. The van der Waals surface area contributed by atoms with Crippen LogP contribution in [-0.4, -0.2) is 17.9 Å². The van der Waals surface area contributed by atoms with Crippen molar-refractivity contribution in [3.05, 3.63) is 28.2 Å². The van der Waals surface area contributed by atoms with Crippen LogP contribution in [0.2, 0.25) is 0 Å². The Balaban J connectivity index is 2.97. The maximum Gasteiger partial charge on any atom is 0.378 e. The van der Waals surface area contributed by atoms with E-state index in [2.05, 4.69) is 15.9 Å². The molecule has 0 aliphatic heterocycles. The van der Waals surface area contributed by atoms with Crippen LogP contribution in [0.1, 0.15) is 19.4 Å². The largest absolute Gasteiger partial charge is 0.424 e. The summed E-state index contributed by atoms with van der Waals surface area (Å²) in [5.41, 5.74) is 0.577. The Labute approximate surface area is 110 Å². The van der Waals surface area contributed by atoms with E-state index in [1.54, 1.807) is 32.0 Å². The molecule has 0 spiro atoms. The monoisotopic (exact) mass is 322 g/mol. The summed E-state index contributed by atoms with van der Waals surface area (Å²) in [7, 11) is -3.10. The highest BCUT2D eigenvalue weighted by atomic mass is 79.9. The van der Waals surface area contributed by atoms with Gasteiger partial charge in [0.15, 0.2) is 0 Å².